The predicted octanol–water partition coefficient (Wildman–Crippen LogP) is 5.03. The number of hydrogen-bond acceptors (Lipinski definition) is 16. The molecule has 0 spiro atoms. The summed E-state index contributed by atoms with van der Waals surface area (Å²) in [6, 6.07) is 31.5. The highest BCUT2D eigenvalue weighted by Crippen LogP contribution is 2.30. The molecule has 74 heavy (non-hydrogen) atoms. The molecule has 0 unspecified atom stereocenters. The second kappa shape index (κ2) is 28.1. The molecule has 10 N–H and O–H groups in total. The van der Waals surface area contributed by atoms with Gasteiger partial charge < -0.3 is 50.1 Å². The lowest BCUT2D eigenvalue weighted by Crippen LogP contribution is -3.00. The number of nitrogens with one attached hydrogen (secondary N) is 2. The normalized spacial score (nSPS) is 10.4. The molecule has 8 aromatic rings. The lowest BCUT2D eigenvalue weighted by atomic mass is 10.0. The number of pyridine rings is 1. The van der Waals surface area contributed by atoms with Crippen molar-refractivity contribution in [1.29, 1.82) is 0 Å². The molecule has 8 rings (SSSR count). The van der Waals surface area contributed by atoms with Crippen LogP contribution in [0.1, 0.15) is 67.2 Å². The Balaban J connectivity index is 0.000000214. The van der Waals surface area contributed by atoms with Gasteiger partial charge in [0.15, 0.2) is 24.3 Å². The number of nitrogens with zero attached hydrogens (tertiary/aromatic N) is 7. The Morgan fingerprint density at radius 1 is 0.784 bits per heavy atom. The van der Waals surface area contributed by atoms with Crippen LogP contribution in [0.3, 0.4) is 0 Å². The molecule has 0 fully saturated rings. The number of aromatic nitrogens is 7. The van der Waals surface area contributed by atoms with Crippen molar-refractivity contribution in [1.82, 2.24) is 29.9 Å². The Morgan fingerprint density at radius 3 is 2.09 bits per heavy atom. The third-order valence-electron chi connectivity index (χ3n) is 10.3. The zero-order valence-corrected chi connectivity index (χ0v) is 44.0. The van der Waals surface area contributed by atoms with Crippen LogP contribution in [0.5, 0.6) is 5.75 Å². The molecule has 0 saturated heterocycles. The number of benzene rings is 4. The van der Waals surface area contributed by atoms with Crippen molar-refractivity contribution in [3.05, 3.63) is 161 Å². The average Bonchev–Trinajstić information content (AvgIpc) is 3.36. The zero-order valence-electron chi connectivity index (χ0n) is 41.7. The van der Waals surface area contributed by atoms with E-state index in [0.29, 0.717) is 63.5 Å². The molecular weight excluding hydrogens is 1010 g/mol. The summed E-state index contributed by atoms with van der Waals surface area (Å²) >= 11 is 5.86. The Hall–Kier alpha value is -8.20. The highest BCUT2D eigenvalue weighted by Gasteiger charge is 2.17. The number of nitrogen functional groups attached to an aromatic ring is 4. The highest BCUT2D eigenvalue weighted by molar-refractivity contribution is 7.92. The molecule has 0 aliphatic carbocycles. The van der Waals surface area contributed by atoms with E-state index in [1.54, 1.807) is 30.3 Å². The van der Waals surface area contributed by atoms with E-state index in [4.69, 9.17) is 39.3 Å². The number of methoxy groups -OCH3 is 1. The van der Waals surface area contributed by atoms with E-state index in [1.165, 1.54) is 50.2 Å². The first kappa shape index (κ1) is 58.4. The van der Waals surface area contributed by atoms with E-state index in [1.807, 2.05) is 74.8 Å². The lowest BCUT2D eigenvalue weighted by Gasteiger charge is -2.10. The Labute approximate surface area is 441 Å². The first-order chi connectivity index (χ1) is 34.9. The van der Waals surface area contributed by atoms with Crippen LogP contribution in [0.15, 0.2) is 133 Å². The summed E-state index contributed by atoms with van der Waals surface area (Å²) in [5.41, 5.74) is 30.5. The number of ether oxygens (including phenoxy) is 2. The van der Waals surface area contributed by atoms with Crippen molar-refractivity contribution in [2.24, 2.45) is 0 Å². The summed E-state index contributed by atoms with van der Waals surface area (Å²) in [6.45, 7) is 10.5. The fourth-order valence-corrected chi connectivity index (χ4v) is 7.90. The van der Waals surface area contributed by atoms with Crippen molar-refractivity contribution < 1.29 is 44.5 Å². The third-order valence-corrected chi connectivity index (χ3v) is 11.9. The summed E-state index contributed by atoms with van der Waals surface area (Å²) in [5, 5.41) is 3.30. The van der Waals surface area contributed by atoms with Gasteiger partial charge in [-0.1, -0.05) is 55.8 Å². The number of anilines is 6. The van der Waals surface area contributed by atoms with Gasteiger partial charge in [-0.05, 0) is 86.0 Å². The van der Waals surface area contributed by atoms with Gasteiger partial charge in [0.05, 0.1) is 47.1 Å². The summed E-state index contributed by atoms with van der Waals surface area (Å²) in [4.78, 5) is 47.8. The van der Waals surface area contributed by atoms with Crippen LogP contribution >= 0.6 is 11.6 Å². The van der Waals surface area contributed by atoms with Crippen LogP contribution in [0, 0.1) is 6.92 Å². The second-order valence-corrected chi connectivity index (χ2v) is 17.9. The summed E-state index contributed by atoms with van der Waals surface area (Å²) < 4.78 is 39.0. The van der Waals surface area contributed by atoms with Gasteiger partial charge in [-0.2, -0.15) is 9.55 Å². The van der Waals surface area contributed by atoms with Gasteiger partial charge in [-0.3, -0.25) is 14.5 Å². The number of carbonyl (C=O) groups excluding carboxylic acids is 2. The van der Waals surface area contributed by atoms with Gasteiger partial charge >= 0.3 is 5.97 Å². The number of amides is 1. The molecule has 0 radical (unpaired) electrons. The first-order valence-electron chi connectivity index (χ1n) is 22.9. The average molecular weight is 1070 g/mol. The van der Waals surface area contributed by atoms with Gasteiger partial charge in [0.25, 0.3) is 10.0 Å². The van der Waals surface area contributed by atoms with Crippen molar-refractivity contribution in [2.45, 2.75) is 65.3 Å². The molecule has 388 valence electrons. The van der Waals surface area contributed by atoms with E-state index in [0.717, 1.165) is 47.5 Å². The molecule has 4 aromatic carbocycles. The lowest BCUT2D eigenvalue weighted by molar-refractivity contribution is -0.694. The molecule has 0 bridgehead atoms. The van der Waals surface area contributed by atoms with Crippen LogP contribution in [0.25, 0.3) is 22.2 Å². The number of hydrogen-bond donors (Lipinski definition) is 6. The minimum atomic E-state index is -3.71. The SMILES string of the molecule is CCCc1ncc(C[n+]2ccccc2C)c(N)n1.CCOc1cc(NC(C)=O)ccc1C(=O)OC.CCc1nc(N)nc(N)c1-c1ccc(Cl)cc1.Nc1ccc(S(=O)(=O)Nc2cnc3ccccc3n2)cc1.[Cl-]. The maximum absolute atomic E-state index is 12.2. The molecule has 0 saturated carbocycles. The van der Waals surface area contributed by atoms with Crippen LogP contribution in [-0.2, 0) is 38.9 Å². The Bertz CT molecular complexity index is 3260. The van der Waals surface area contributed by atoms with Gasteiger partial charge in [-0.15, -0.1) is 0 Å². The molecule has 4 heterocycles. The monoisotopic (exact) mass is 1060 g/mol. The highest BCUT2D eigenvalue weighted by atomic mass is 35.5. The van der Waals surface area contributed by atoms with Gasteiger partial charge in [0.2, 0.25) is 11.9 Å². The topological polar surface area (TPSA) is 296 Å². The van der Waals surface area contributed by atoms with Crippen molar-refractivity contribution in [3.8, 4) is 16.9 Å². The largest absolute Gasteiger partial charge is 1.00 e. The van der Waals surface area contributed by atoms with Gasteiger partial charge in [0.1, 0.15) is 28.8 Å². The van der Waals surface area contributed by atoms with E-state index in [2.05, 4.69) is 69.2 Å². The number of nitrogens with two attached hydrogens (primary N) is 4. The maximum atomic E-state index is 12.2. The van der Waals surface area contributed by atoms with Crippen molar-refractivity contribution in [2.75, 3.05) is 46.7 Å². The number of sulfonamides is 1. The standard InChI is InChI=1S/C14H12N4O2S.C14H19N4.C12H13ClN4.C12H15NO4.ClH/c15-10-5-7-11(8-6-10)21(19,20)18-14-9-16-12-3-1-2-4-13(12)17-14;1-3-6-13-16-9-12(14(15)17-13)10-18-8-5-4-7-11(18)2;1-2-9-10(11(14)17-12(15)16-9)7-3-5-8(13)6-4-7;1-4-17-11-7-9(13-8(2)14)5-6-10(11)12(15)16-3;/h1-9H,15H2,(H,17,18);4-5,7-9H,3,6,10H2,1-2H3,(H2,15,16,17);3-6H,2H2,1H3,(H4,14,15,16,17);5-7H,4H2,1-3H3,(H,13,14);1H/q;+1;;;/p-1. The molecule has 0 atom stereocenters. The number of esters is 1. The van der Waals surface area contributed by atoms with Crippen LogP contribution in [0.4, 0.5) is 34.8 Å². The van der Waals surface area contributed by atoms with E-state index < -0.39 is 16.0 Å². The Morgan fingerprint density at radius 2 is 1.47 bits per heavy atom. The number of fused-ring (bicyclic) bond motifs is 1. The third kappa shape index (κ3) is 17.0. The van der Waals surface area contributed by atoms with Crippen LogP contribution in [0.2, 0.25) is 5.02 Å². The van der Waals surface area contributed by atoms with Crippen molar-refractivity contribution >= 4 is 79.3 Å². The van der Waals surface area contributed by atoms with Gasteiger partial charge in [0, 0.05) is 66.6 Å². The first-order valence-corrected chi connectivity index (χ1v) is 24.8. The minimum Gasteiger partial charge on any atom is -1.00 e. The molecule has 0 aliphatic heterocycles. The number of halogens is 2. The molecule has 4 aromatic heterocycles. The van der Waals surface area contributed by atoms with Crippen LogP contribution in [-0.4, -0.2) is 63.9 Å². The Kier molecular flexibility index (Phi) is 22.2. The summed E-state index contributed by atoms with van der Waals surface area (Å²) in [7, 11) is -2.40. The predicted molar refractivity (Wildman–Crippen MR) is 286 cm³/mol. The number of aryl methyl sites for hydroxylation is 3. The molecule has 19 nitrogen and oxygen atoms in total. The van der Waals surface area contributed by atoms with E-state index >= 15 is 0 Å². The number of para-hydroxylation sites is 2. The zero-order chi connectivity index (χ0) is 53.1. The smallest absolute Gasteiger partial charge is 0.341 e. The fourth-order valence-electron chi connectivity index (χ4n) is 6.79. The minimum absolute atomic E-state index is 0. The summed E-state index contributed by atoms with van der Waals surface area (Å²) in [6.07, 6.45) is 7.92. The van der Waals surface area contributed by atoms with Crippen molar-refractivity contribution in [3.63, 3.8) is 0 Å². The quantitative estimate of drug-likeness (QED) is 0.0502. The van der Waals surface area contributed by atoms with E-state index in [9.17, 15) is 18.0 Å². The maximum Gasteiger partial charge on any atom is 0.341 e. The molecule has 0 aliphatic rings. The molecular formula is C52H59Cl2N13O6S. The fraction of sp³-hybridized carbons (Fsp3) is 0.212. The van der Waals surface area contributed by atoms with E-state index in [-0.39, 0.29) is 35.0 Å². The molecule has 1 amide bonds. The second-order valence-electron chi connectivity index (χ2n) is 15.8. The molecule has 22 heteroatoms. The van der Waals surface area contributed by atoms with Crippen LogP contribution < -0.4 is 54.7 Å². The van der Waals surface area contributed by atoms with Gasteiger partial charge in [-0.25, -0.2) is 33.1 Å². The number of rotatable bonds is 13. The number of carbonyl (C=O) groups is 2. The summed E-state index contributed by atoms with van der Waals surface area (Å²) in [5.74, 6) is 1.93.